The average Bonchev–Trinajstić information content (AvgIpc) is 2.31. The Bertz CT molecular complexity index is 482. The van der Waals surface area contributed by atoms with E-state index in [4.69, 9.17) is 17.3 Å². The third kappa shape index (κ3) is 4.69. The maximum atomic E-state index is 12.0. The Morgan fingerprint density at radius 2 is 2.05 bits per heavy atom. The Kier molecular flexibility index (Phi) is 5.42. The third-order valence-electron chi connectivity index (χ3n) is 3.59. The predicted octanol–water partition coefficient (Wildman–Crippen LogP) is 3.23. The number of nitrogens with two attached hydrogens (primary N) is 1. The van der Waals surface area contributed by atoms with Crippen LogP contribution in [0.1, 0.15) is 27.7 Å². The summed E-state index contributed by atoms with van der Waals surface area (Å²) in [5.74, 6) is -0.0645. The van der Waals surface area contributed by atoms with Crippen molar-refractivity contribution in [1.29, 1.82) is 0 Å². The molecule has 0 saturated carbocycles. The van der Waals surface area contributed by atoms with E-state index >= 15 is 0 Å². The standard InChI is InChI=1S/C15H24ClN3O/c1-10(15(2,3)4)19(5)9-14(20)18-11-6-7-12(16)13(17)8-11/h6-8,10H,9,17H2,1-5H3,(H,18,20). The minimum atomic E-state index is -0.0645. The first-order chi connectivity index (χ1) is 9.11. The molecular formula is C15H24ClN3O. The maximum absolute atomic E-state index is 12.0. The van der Waals surface area contributed by atoms with Gasteiger partial charge >= 0.3 is 0 Å². The van der Waals surface area contributed by atoms with Crippen LogP contribution in [-0.2, 0) is 4.79 Å². The molecule has 0 spiro atoms. The van der Waals surface area contributed by atoms with Crippen LogP contribution in [0, 0.1) is 5.41 Å². The summed E-state index contributed by atoms with van der Waals surface area (Å²) in [6.45, 7) is 8.93. The van der Waals surface area contributed by atoms with Crippen molar-refractivity contribution >= 4 is 28.9 Å². The molecule has 4 nitrogen and oxygen atoms in total. The van der Waals surface area contributed by atoms with E-state index in [1.54, 1.807) is 18.2 Å². The van der Waals surface area contributed by atoms with E-state index in [9.17, 15) is 4.79 Å². The van der Waals surface area contributed by atoms with Crippen LogP contribution >= 0.6 is 11.6 Å². The van der Waals surface area contributed by atoms with Gasteiger partial charge in [0.2, 0.25) is 5.91 Å². The normalized spacial score (nSPS) is 13.3. The average molecular weight is 298 g/mol. The Hall–Kier alpha value is -1.26. The number of likely N-dealkylation sites (N-methyl/N-ethyl adjacent to an activating group) is 1. The molecule has 112 valence electrons. The SMILES string of the molecule is CC(N(C)CC(=O)Nc1ccc(Cl)c(N)c1)C(C)(C)C. The van der Waals surface area contributed by atoms with Gasteiger partial charge in [0.05, 0.1) is 17.3 Å². The van der Waals surface area contributed by atoms with Gasteiger partial charge in [-0.05, 0) is 37.6 Å². The van der Waals surface area contributed by atoms with Crippen molar-refractivity contribution < 1.29 is 4.79 Å². The summed E-state index contributed by atoms with van der Waals surface area (Å²) in [6, 6.07) is 5.37. The Balaban J connectivity index is 2.61. The van der Waals surface area contributed by atoms with Gasteiger partial charge in [-0.1, -0.05) is 32.4 Å². The van der Waals surface area contributed by atoms with E-state index in [-0.39, 0.29) is 11.3 Å². The fraction of sp³-hybridized carbons (Fsp3) is 0.533. The molecular weight excluding hydrogens is 274 g/mol. The predicted molar refractivity (Wildman–Crippen MR) is 86.0 cm³/mol. The lowest BCUT2D eigenvalue weighted by atomic mass is 9.87. The molecule has 0 aliphatic carbocycles. The van der Waals surface area contributed by atoms with E-state index < -0.39 is 0 Å². The lowest BCUT2D eigenvalue weighted by Crippen LogP contribution is -2.43. The van der Waals surface area contributed by atoms with Gasteiger partial charge in [0.25, 0.3) is 0 Å². The maximum Gasteiger partial charge on any atom is 0.238 e. The molecule has 0 fully saturated rings. The van der Waals surface area contributed by atoms with Crippen molar-refractivity contribution in [3.05, 3.63) is 23.2 Å². The zero-order valence-corrected chi connectivity index (χ0v) is 13.6. The lowest BCUT2D eigenvalue weighted by Gasteiger charge is -2.34. The van der Waals surface area contributed by atoms with E-state index in [1.807, 2.05) is 11.9 Å². The minimum Gasteiger partial charge on any atom is -0.397 e. The molecule has 5 heteroatoms. The number of nitrogen functional groups attached to an aromatic ring is 1. The summed E-state index contributed by atoms with van der Waals surface area (Å²) in [6.07, 6.45) is 0. The molecule has 1 aromatic rings. The molecule has 20 heavy (non-hydrogen) atoms. The minimum absolute atomic E-state index is 0.0645. The van der Waals surface area contributed by atoms with Gasteiger partial charge in [-0.15, -0.1) is 0 Å². The number of nitrogens with zero attached hydrogens (tertiary/aromatic N) is 1. The lowest BCUT2D eigenvalue weighted by molar-refractivity contribution is -0.117. The molecule has 1 unspecified atom stereocenters. The highest BCUT2D eigenvalue weighted by molar-refractivity contribution is 6.33. The molecule has 1 rings (SSSR count). The van der Waals surface area contributed by atoms with Gasteiger partial charge in [-0.2, -0.15) is 0 Å². The van der Waals surface area contributed by atoms with Crippen LogP contribution in [0.5, 0.6) is 0 Å². The smallest absolute Gasteiger partial charge is 0.238 e. The first kappa shape index (κ1) is 16.8. The molecule has 0 aromatic heterocycles. The van der Waals surface area contributed by atoms with E-state index in [2.05, 4.69) is 33.0 Å². The zero-order valence-electron chi connectivity index (χ0n) is 12.8. The molecule has 0 aliphatic heterocycles. The molecule has 0 bridgehead atoms. The highest BCUT2D eigenvalue weighted by Crippen LogP contribution is 2.24. The number of amides is 1. The molecule has 0 heterocycles. The number of rotatable bonds is 4. The van der Waals surface area contributed by atoms with Crippen LogP contribution in [-0.4, -0.2) is 30.4 Å². The second-order valence-electron chi connectivity index (χ2n) is 6.24. The first-order valence-corrected chi connectivity index (χ1v) is 7.04. The summed E-state index contributed by atoms with van der Waals surface area (Å²) in [5.41, 5.74) is 6.95. The van der Waals surface area contributed by atoms with Crippen molar-refractivity contribution in [3.63, 3.8) is 0 Å². The van der Waals surface area contributed by atoms with Gasteiger partial charge in [-0.25, -0.2) is 0 Å². The van der Waals surface area contributed by atoms with Crippen LogP contribution < -0.4 is 11.1 Å². The van der Waals surface area contributed by atoms with Crippen LogP contribution in [0.15, 0.2) is 18.2 Å². The van der Waals surface area contributed by atoms with Crippen LogP contribution in [0.3, 0.4) is 0 Å². The molecule has 0 aliphatic rings. The fourth-order valence-electron chi connectivity index (χ4n) is 1.85. The molecule has 1 aromatic carbocycles. The fourth-order valence-corrected chi connectivity index (χ4v) is 1.96. The highest BCUT2D eigenvalue weighted by atomic mass is 35.5. The highest BCUT2D eigenvalue weighted by Gasteiger charge is 2.24. The number of carbonyl (C=O) groups is 1. The van der Waals surface area contributed by atoms with E-state index in [1.165, 1.54) is 0 Å². The summed E-state index contributed by atoms with van der Waals surface area (Å²) in [5, 5.41) is 3.32. The number of carbonyl (C=O) groups excluding carboxylic acids is 1. The van der Waals surface area contributed by atoms with Crippen molar-refractivity contribution in [2.45, 2.75) is 33.7 Å². The quantitative estimate of drug-likeness (QED) is 0.839. The van der Waals surface area contributed by atoms with Gasteiger partial charge in [0, 0.05) is 11.7 Å². The second-order valence-corrected chi connectivity index (χ2v) is 6.65. The first-order valence-electron chi connectivity index (χ1n) is 6.66. The molecule has 3 N–H and O–H groups in total. The molecule has 0 radical (unpaired) electrons. The topological polar surface area (TPSA) is 58.4 Å². The van der Waals surface area contributed by atoms with Crippen molar-refractivity contribution in [1.82, 2.24) is 4.90 Å². The van der Waals surface area contributed by atoms with E-state index in [0.717, 1.165) is 0 Å². The number of anilines is 2. The van der Waals surface area contributed by atoms with Crippen LogP contribution in [0.25, 0.3) is 0 Å². The third-order valence-corrected chi connectivity index (χ3v) is 3.93. The Morgan fingerprint density at radius 1 is 1.45 bits per heavy atom. The number of hydrogen-bond donors (Lipinski definition) is 2. The number of benzene rings is 1. The summed E-state index contributed by atoms with van der Waals surface area (Å²) < 4.78 is 0. The largest absolute Gasteiger partial charge is 0.397 e. The van der Waals surface area contributed by atoms with Gasteiger partial charge < -0.3 is 11.1 Å². The summed E-state index contributed by atoms with van der Waals surface area (Å²) in [4.78, 5) is 14.1. The summed E-state index contributed by atoms with van der Waals surface area (Å²) in [7, 11) is 1.95. The number of hydrogen-bond acceptors (Lipinski definition) is 3. The molecule has 1 atom stereocenters. The molecule has 0 saturated heterocycles. The van der Waals surface area contributed by atoms with Crippen molar-refractivity contribution in [3.8, 4) is 0 Å². The summed E-state index contributed by atoms with van der Waals surface area (Å²) >= 11 is 5.85. The van der Waals surface area contributed by atoms with Gasteiger partial charge in [0.15, 0.2) is 0 Å². The van der Waals surface area contributed by atoms with Crippen LogP contribution in [0.4, 0.5) is 11.4 Å². The van der Waals surface area contributed by atoms with Gasteiger partial charge in [0.1, 0.15) is 0 Å². The van der Waals surface area contributed by atoms with E-state index in [0.29, 0.717) is 29.0 Å². The Morgan fingerprint density at radius 3 is 2.55 bits per heavy atom. The molecule has 1 amide bonds. The number of nitrogens with one attached hydrogen (secondary N) is 1. The van der Waals surface area contributed by atoms with Crippen molar-refractivity contribution in [2.24, 2.45) is 5.41 Å². The number of halogens is 1. The monoisotopic (exact) mass is 297 g/mol. The Labute approximate surface area is 126 Å². The van der Waals surface area contributed by atoms with Crippen molar-refractivity contribution in [2.75, 3.05) is 24.6 Å². The zero-order chi connectivity index (χ0) is 15.5. The van der Waals surface area contributed by atoms with Crippen LogP contribution in [0.2, 0.25) is 5.02 Å². The van der Waals surface area contributed by atoms with Gasteiger partial charge in [-0.3, -0.25) is 9.69 Å². The second kappa shape index (κ2) is 6.46.